The van der Waals surface area contributed by atoms with Crippen molar-refractivity contribution in [1.29, 1.82) is 0 Å². The number of halogens is 1. The molecule has 1 fully saturated rings. The Morgan fingerprint density at radius 1 is 1.41 bits per heavy atom. The number of amides is 2. The number of likely N-dealkylation sites (tertiary alicyclic amines) is 1. The zero-order valence-corrected chi connectivity index (χ0v) is 16.3. The summed E-state index contributed by atoms with van der Waals surface area (Å²) in [5.74, 6) is -1.29. The predicted octanol–water partition coefficient (Wildman–Crippen LogP) is 1.65. The molecular formula is C19H29FN4O3. The van der Waals surface area contributed by atoms with Crippen LogP contribution < -0.4 is 5.49 Å². The number of aromatic nitrogens is 1. The van der Waals surface area contributed by atoms with Crippen molar-refractivity contribution in [3.8, 4) is 0 Å². The minimum Gasteiger partial charge on any atom is -0.427 e. The quantitative estimate of drug-likeness (QED) is 0.730. The molecule has 0 spiro atoms. The topological polar surface area (TPSA) is 78.1 Å². The molecular weight excluding hydrogens is 351 g/mol. The number of carbonyl (C=O) groups is 2. The molecule has 1 saturated heterocycles. The lowest BCUT2D eigenvalue weighted by Gasteiger charge is -2.28. The Hall–Kier alpha value is -2.22. The number of pyridine rings is 1. The van der Waals surface area contributed by atoms with Crippen LogP contribution in [0.25, 0.3) is 0 Å². The summed E-state index contributed by atoms with van der Waals surface area (Å²) in [7, 11) is 3.87. The Morgan fingerprint density at radius 2 is 2.15 bits per heavy atom. The Balaban J connectivity index is 2.19. The van der Waals surface area contributed by atoms with Crippen LogP contribution >= 0.6 is 0 Å². The van der Waals surface area contributed by atoms with Gasteiger partial charge in [-0.1, -0.05) is 19.8 Å². The van der Waals surface area contributed by atoms with Crippen molar-refractivity contribution in [2.45, 2.75) is 45.1 Å². The third-order valence-corrected chi connectivity index (χ3v) is 4.76. The number of hydrogen-bond donors (Lipinski definition) is 1. The van der Waals surface area contributed by atoms with E-state index in [-0.39, 0.29) is 17.3 Å². The monoisotopic (exact) mass is 380 g/mol. The summed E-state index contributed by atoms with van der Waals surface area (Å²) in [5, 5.41) is 9.69. The summed E-state index contributed by atoms with van der Waals surface area (Å²) in [6, 6.07) is 1.72. The van der Waals surface area contributed by atoms with Gasteiger partial charge in [0.2, 0.25) is 5.91 Å². The second-order valence-electron chi connectivity index (χ2n) is 7.29. The van der Waals surface area contributed by atoms with Gasteiger partial charge in [0.05, 0.1) is 12.1 Å². The van der Waals surface area contributed by atoms with Gasteiger partial charge in [-0.25, -0.2) is 4.39 Å². The van der Waals surface area contributed by atoms with Crippen molar-refractivity contribution in [1.82, 2.24) is 14.5 Å². The second kappa shape index (κ2) is 9.64. The highest BCUT2D eigenvalue weighted by Gasteiger charge is 2.37. The maximum absolute atomic E-state index is 13.1. The minimum atomic E-state index is -0.635. The molecule has 0 unspecified atom stereocenters. The second-order valence-corrected chi connectivity index (χ2v) is 7.29. The van der Waals surface area contributed by atoms with Gasteiger partial charge in [0.15, 0.2) is 5.49 Å². The normalized spacial score (nSPS) is 18.9. The van der Waals surface area contributed by atoms with E-state index in [9.17, 15) is 19.2 Å². The van der Waals surface area contributed by atoms with E-state index in [0.29, 0.717) is 24.2 Å². The molecule has 0 bridgehead atoms. The molecule has 1 N–H and O–H groups in total. The maximum atomic E-state index is 13.1. The molecule has 8 heteroatoms. The van der Waals surface area contributed by atoms with Crippen LogP contribution in [0.4, 0.5) is 4.39 Å². The average molecular weight is 380 g/mol. The molecule has 1 aliphatic heterocycles. The molecule has 2 rings (SSSR count). The van der Waals surface area contributed by atoms with Gasteiger partial charge >= 0.3 is 0 Å². The van der Waals surface area contributed by atoms with E-state index in [0.717, 1.165) is 37.9 Å². The standard InChI is InChI=1S/C19H29FN4O3/c1-4-5-7-14(12-22(2)3)19(26)23-11-6-8-16(23)18(25)21-17-10-9-15(20)13-24(17)27/h9-10,13-14,16,27H,4-8,11-12H2,1-3H3/t14-,16+/m1/s1. The van der Waals surface area contributed by atoms with E-state index in [4.69, 9.17) is 0 Å². The van der Waals surface area contributed by atoms with E-state index in [1.54, 1.807) is 4.90 Å². The van der Waals surface area contributed by atoms with Crippen molar-refractivity contribution >= 4 is 11.8 Å². The fourth-order valence-corrected chi connectivity index (χ4v) is 3.44. The Labute approximate surface area is 159 Å². The lowest BCUT2D eigenvalue weighted by atomic mass is 9.99. The Kier molecular flexibility index (Phi) is 7.53. The third-order valence-electron chi connectivity index (χ3n) is 4.76. The summed E-state index contributed by atoms with van der Waals surface area (Å²) in [5.41, 5.74) is -0.0588. The van der Waals surface area contributed by atoms with Crippen molar-refractivity contribution in [3.05, 3.63) is 29.6 Å². The van der Waals surface area contributed by atoms with Crippen LogP contribution in [-0.4, -0.2) is 64.8 Å². The van der Waals surface area contributed by atoms with Crippen LogP contribution in [0.15, 0.2) is 23.3 Å². The first-order valence-corrected chi connectivity index (χ1v) is 9.44. The van der Waals surface area contributed by atoms with Crippen molar-refractivity contribution in [3.63, 3.8) is 0 Å². The van der Waals surface area contributed by atoms with Crippen molar-refractivity contribution in [2.24, 2.45) is 10.9 Å². The first-order chi connectivity index (χ1) is 12.8. The minimum absolute atomic E-state index is 0.0146. The van der Waals surface area contributed by atoms with E-state index in [1.165, 1.54) is 6.07 Å². The molecule has 0 saturated carbocycles. The molecule has 2 heterocycles. The SMILES string of the molecule is CCCC[C@H](CN(C)C)C(=O)N1CCC[C@H]1C(=O)N=c1ccc(F)cn1O. The molecule has 27 heavy (non-hydrogen) atoms. The van der Waals surface area contributed by atoms with Crippen LogP contribution in [-0.2, 0) is 9.59 Å². The Bertz CT molecular complexity index is 732. The number of nitrogens with zero attached hydrogens (tertiary/aromatic N) is 4. The first kappa shape index (κ1) is 21.1. The van der Waals surface area contributed by atoms with Gasteiger partial charge in [0, 0.05) is 13.1 Å². The van der Waals surface area contributed by atoms with E-state index < -0.39 is 17.8 Å². The van der Waals surface area contributed by atoms with E-state index in [1.807, 2.05) is 19.0 Å². The van der Waals surface area contributed by atoms with E-state index >= 15 is 0 Å². The van der Waals surface area contributed by atoms with Crippen molar-refractivity contribution in [2.75, 3.05) is 27.2 Å². The largest absolute Gasteiger partial charge is 0.427 e. The van der Waals surface area contributed by atoms with Gasteiger partial charge in [-0.15, -0.1) is 0 Å². The average Bonchev–Trinajstić information content (AvgIpc) is 3.10. The summed E-state index contributed by atoms with van der Waals surface area (Å²) in [6.45, 7) is 3.26. The fraction of sp³-hybridized carbons (Fsp3) is 0.632. The fourth-order valence-electron chi connectivity index (χ4n) is 3.44. The first-order valence-electron chi connectivity index (χ1n) is 9.44. The molecule has 7 nitrogen and oxygen atoms in total. The van der Waals surface area contributed by atoms with E-state index in [2.05, 4.69) is 11.9 Å². The van der Waals surface area contributed by atoms with Gasteiger partial charge in [0.25, 0.3) is 5.91 Å². The summed E-state index contributed by atoms with van der Waals surface area (Å²) in [4.78, 5) is 33.2. The highest BCUT2D eigenvalue weighted by molar-refractivity contribution is 5.89. The number of hydrogen-bond acceptors (Lipinski definition) is 4. The highest BCUT2D eigenvalue weighted by atomic mass is 19.1. The van der Waals surface area contributed by atoms with Crippen LogP contribution in [0.2, 0.25) is 0 Å². The molecule has 150 valence electrons. The van der Waals surface area contributed by atoms with Crippen LogP contribution in [0.3, 0.4) is 0 Å². The van der Waals surface area contributed by atoms with Crippen molar-refractivity contribution < 1.29 is 19.2 Å². The zero-order valence-electron chi connectivity index (χ0n) is 16.3. The molecule has 1 aromatic heterocycles. The predicted molar refractivity (Wildman–Crippen MR) is 98.4 cm³/mol. The molecule has 2 amide bonds. The lowest BCUT2D eigenvalue weighted by Crippen LogP contribution is -2.45. The molecule has 1 aromatic rings. The summed E-state index contributed by atoms with van der Waals surface area (Å²) >= 11 is 0. The van der Waals surface area contributed by atoms with Crippen LogP contribution in [0.5, 0.6) is 0 Å². The smallest absolute Gasteiger partial charge is 0.270 e. The number of rotatable bonds is 7. The van der Waals surface area contributed by atoms with Gasteiger partial charge in [-0.05, 0) is 45.5 Å². The molecule has 2 atom stereocenters. The lowest BCUT2D eigenvalue weighted by molar-refractivity contribution is -0.141. The molecule has 1 aliphatic rings. The maximum Gasteiger partial charge on any atom is 0.270 e. The van der Waals surface area contributed by atoms with Crippen LogP contribution in [0.1, 0.15) is 39.0 Å². The Morgan fingerprint density at radius 3 is 2.78 bits per heavy atom. The molecule has 0 radical (unpaired) electrons. The van der Waals surface area contributed by atoms with Crippen LogP contribution in [0, 0.1) is 11.7 Å². The summed E-state index contributed by atoms with van der Waals surface area (Å²) < 4.78 is 13.6. The van der Waals surface area contributed by atoms with Gasteiger partial charge in [-0.2, -0.15) is 9.72 Å². The molecule has 0 aliphatic carbocycles. The van der Waals surface area contributed by atoms with Gasteiger partial charge in [-0.3, -0.25) is 9.59 Å². The van der Waals surface area contributed by atoms with Gasteiger partial charge < -0.3 is 15.0 Å². The molecule has 0 aromatic carbocycles. The third kappa shape index (κ3) is 5.63. The number of unbranched alkanes of at least 4 members (excludes halogenated alkanes) is 1. The number of carbonyl (C=O) groups excluding carboxylic acids is 2. The van der Waals surface area contributed by atoms with Gasteiger partial charge in [0.1, 0.15) is 11.9 Å². The zero-order chi connectivity index (χ0) is 20.0. The summed E-state index contributed by atoms with van der Waals surface area (Å²) in [6.07, 6.45) is 4.88. The highest BCUT2D eigenvalue weighted by Crippen LogP contribution is 2.23.